The maximum atomic E-state index is 6.19. The molecule has 3 aromatic rings. The maximum absolute atomic E-state index is 6.19. The topological polar surface area (TPSA) is 37.8 Å². The number of halogens is 4. The molecule has 2 aromatic carbocycles. The van der Waals surface area contributed by atoms with E-state index in [1.807, 2.05) is 24.3 Å². The molecule has 0 aliphatic heterocycles. The van der Waals surface area contributed by atoms with Crippen LogP contribution < -0.4 is 5.32 Å². The number of anilines is 2. The Kier molecular flexibility index (Phi) is 4.59. The standard InChI is InChI=1S/C15H9Cl4N3/c16-8-5-6-12(10(17)7-8)21-14-9-3-1-2-4-11(9)20-15(22-14)13(18)19/h1-7,13H,(H,20,21,22). The molecule has 0 amide bonds. The van der Waals surface area contributed by atoms with Gasteiger partial charge in [-0.1, -0.05) is 58.5 Å². The molecular weight excluding hydrogens is 364 g/mol. The Morgan fingerprint density at radius 3 is 2.45 bits per heavy atom. The van der Waals surface area contributed by atoms with Gasteiger partial charge >= 0.3 is 0 Å². The van der Waals surface area contributed by atoms with E-state index in [1.165, 1.54) is 0 Å². The lowest BCUT2D eigenvalue weighted by atomic mass is 10.2. The minimum Gasteiger partial charge on any atom is -0.338 e. The fourth-order valence-electron chi connectivity index (χ4n) is 2.01. The predicted octanol–water partition coefficient (Wildman–Crippen LogP) is 6.16. The average Bonchev–Trinajstić information content (AvgIpc) is 2.49. The highest BCUT2D eigenvalue weighted by atomic mass is 35.5. The lowest BCUT2D eigenvalue weighted by Gasteiger charge is -2.12. The highest BCUT2D eigenvalue weighted by molar-refractivity contribution is 6.43. The van der Waals surface area contributed by atoms with Crippen LogP contribution in [0.4, 0.5) is 11.5 Å². The summed E-state index contributed by atoms with van der Waals surface area (Å²) in [5.74, 6) is 0.908. The Balaban J connectivity index is 2.12. The lowest BCUT2D eigenvalue weighted by molar-refractivity contribution is 1.05. The van der Waals surface area contributed by atoms with Gasteiger partial charge in [0, 0.05) is 10.4 Å². The van der Waals surface area contributed by atoms with Gasteiger partial charge in [0.25, 0.3) is 0 Å². The highest BCUT2D eigenvalue weighted by Gasteiger charge is 2.13. The molecule has 3 rings (SSSR count). The average molecular weight is 373 g/mol. The molecule has 0 saturated carbocycles. The van der Waals surface area contributed by atoms with Gasteiger partial charge in [0.05, 0.1) is 16.2 Å². The summed E-state index contributed by atoms with van der Waals surface area (Å²) in [6.07, 6.45) is 0. The fraction of sp³-hybridized carbons (Fsp3) is 0.0667. The van der Waals surface area contributed by atoms with Gasteiger partial charge in [0.1, 0.15) is 5.82 Å². The third-order valence-electron chi connectivity index (χ3n) is 3.00. The zero-order valence-electron chi connectivity index (χ0n) is 11.0. The number of nitrogens with zero attached hydrogens (tertiary/aromatic N) is 2. The molecule has 1 aromatic heterocycles. The van der Waals surface area contributed by atoms with Crippen molar-refractivity contribution in [3.63, 3.8) is 0 Å². The lowest BCUT2D eigenvalue weighted by Crippen LogP contribution is -2.02. The van der Waals surface area contributed by atoms with Crippen molar-refractivity contribution < 1.29 is 0 Å². The van der Waals surface area contributed by atoms with Gasteiger partial charge in [-0.2, -0.15) is 0 Å². The molecule has 1 heterocycles. The third-order valence-corrected chi connectivity index (χ3v) is 3.94. The Hall–Kier alpha value is -1.26. The molecule has 0 fully saturated rings. The summed E-state index contributed by atoms with van der Waals surface area (Å²) >= 11 is 23.9. The fourth-order valence-corrected chi connectivity index (χ4v) is 2.66. The van der Waals surface area contributed by atoms with Crippen molar-refractivity contribution in [3.8, 4) is 0 Å². The summed E-state index contributed by atoms with van der Waals surface area (Å²) in [5, 5.41) is 5.07. The highest BCUT2D eigenvalue weighted by Crippen LogP contribution is 2.32. The molecular formula is C15H9Cl4N3. The maximum Gasteiger partial charge on any atom is 0.167 e. The second-order valence-corrected chi connectivity index (χ2v) is 6.44. The molecule has 0 spiro atoms. The van der Waals surface area contributed by atoms with E-state index in [0.29, 0.717) is 27.4 Å². The summed E-state index contributed by atoms with van der Waals surface area (Å²) < 4.78 is 0. The first kappa shape index (κ1) is 15.6. The van der Waals surface area contributed by atoms with E-state index in [2.05, 4.69) is 15.3 Å². The van der Waals surface area contributed by atoms with Crippen LogP contribution in [0.2, 0.25) is 10.0 Å². The molecule has 1 N–H and O–H groups in total. The van der Waals surface area contributed by atoms with Crippen LogP contribution in [0.25, 0.3) is 10.9 Å². The van der Waals surface area contributed by atoms with Crippen molar-refractivity contribution >= 4 is 68.8 Å². The molecule has 0 radical (unpaired) electrons. The molecule has 0 aliphatic rings. The summed E-state index contributed by atoms with van der Waals surface area (Å²) in [7, 11) is 0. The number of hydrogen-bond donors (Lipinski definition) is 1. The molecule has 22 heavy (non-hydrogen) atoms. The van der Waals surface area contributed by atoms with Crippen LogP contribution in [0.15, 0.2) is 42.5 Å². The second-order valence-electron chi connectivity index (χ2n) is 4.50. The zero-order valence-corrected chi connectivity index (χ0v) is 14.0. The van der Waals surface area contributed by atoms with E-state index in [4.69, 9.17) is 46.4 Å². The van der Waals surface area contributed by atoms with E-state index in [0.717, 1.165) is 10.9 Å². The van der Waals surface area contributed by atoms with E-state index >= 15 is 0 Å². The zero-order chi connectivity index (χ0) is 15.7. The van der Waals surface area contributed by atoms with Crippen LogP contribution in [0.1, 0.15) is 10.7 Å². The number of alkyl halides is 2. The molecule has 0 aliphatic carbocycles. The van der Waals surface area contributed by atoms with Crippen LogP contribution in [-0.2, 0) is 0 Å². The van der Waals surface area contributed by atoms with E-state index < -0.39 is 4.84 Å². The number of para-hydroxylation sites is 1. The predicted molar refractivity (Wildman–Crippen MR) is 93.7 cm³/mol. The monoisotopic (exact) mass is 371 g/mol. The number of aromatic nitrogens is 2. The van der Waals surface area contributed by atoms with Crippen molar-refractivity contribution in [1.82, 2.24) is 9.97 Å². The Morgan fingerprint density at radius 1 is 0.955 bits per heavy atom. The van der Waals surface area contributed by atoms with Crippen LogP contribution in [0.3, 0.4) is 0 Å². The van der Waals surface area contributed by atoms with Crippen molar-refractivity contribution in [2.75, 3.05) is 5.32 Å². The Morgan fingerprint density at radius 2 is 1.73 bits per heavy atom. The van der Waals surface area contributed by atoms with E-state index in [-0.39, 0.29) is 0 Å². The molecule has 3 nitrogen and oxygen atoms in total. The van der Waals surface area contributed by atoms with Crippen LogP contribution in [-0.4, -0.2) is 9.97 Å². The molecule has 112 valence electrons. The van der Waals surface area contributed by atoms with Crippen LogP contribution >= 0.6 is 46.4 Å². The number of hydrogen-bond acceptors (Lipinski definition) is 3. The van der Waals surface area contributed by atoms with Gasteiger partial charge in [-0.05, 0) is 30.3 Å². The van der Waals surface area contributed by atoms with Crippen LogP contribution in [0, 0.1) is 0 Å². The summed E-state index contributed by atoms with van der Waals surface area (Å²) in [6, 6.07) is 12.7. The minimum absolute atomic E-state index is 0.328. The smallest absolute Gasteiger partial charge is 0.167 e. The molecule has 7 heteroatoms. The van der Waals surface area contributed by atoms with Gasteiger partial charge in [0.15, 0.2) is 10.7 Å². The first-order chi connectivity index (χ1) is 10.5. The number of fused-ring (bicyclic) bond motifs is 1. The minimum atomic E-state index is -0.814. The van der Waals surface area contributed by atoms with E-state index in [9.17, 15) is 0 Å². The number of benzene rings is 2. The summed E-state index contributed by atoms with van der Waals surface area (Å²) in [4.78, 5) is 7.91. The third kappa shape index (κ3) is 3.23. The molecule has 0 atom stereocenters. The van der Waals surface area contributed by atoms with Gasteiger partial charge in [0.2, 0.25) is 0 Å². The molecule has 0 unspecified atom stereocenters. The van der Waals surface area contributed by atoms with Crippen molar-refractivity contribution in [1.29, 1.82) is 0 Å². The van der Waals surface area contributed by atoms with E-state index in [1.54, 1.807) is 18.2 Å². The van der Waals surface area contributed by atoms with Gasteiger partial charge in [-0.15, -0.1) is 0 Å². The first-order valence-corrected chi connectivity index (χ1v) is 7.94. The van der Waals surface area contributed by atoms with Gasteiger partial charge in [-0.25, -0.2) is 9.97 Å². The first-order valence-electron chi connectivity index (χ1n) is 6.31. The van der Waals surface area contributed by atoms with Crippen molar-refractivity contribution in [3.05, 3.63) is 58.3 Å². The normalized spacial score (nSPS) is 11.1. The van der Waals surface area contributed by atoms with Gasteiger partial charge < -0.3 is 5.32 Å². The SMILES string of the molecule is Clc1ccc(Nc2nc(C(Cl)Cl)nc3ccccc23)c(Cl)c1. The summed E-state index contributed by atoms with van der Waals surface area (Å²) in [6.45, 7) is 0. The Bertz CT molecular complexity index is 836. The Labute approximate surface area is 147 Å². The van der Waals surface area contributed by atoms with Crippen molar-refractivity contribution in [2.45, 2.75) is 4.84 Å². The van der Waals surface area contributed by atoms with Crippen molar-refractivity contribution in [2.24, 2.45) is 0 Å². The second kappa shape index (κ2) is 6.47. The van der Waals surface area contributed by atoms with Gasteiger partial charge in [-0.3, -0.25) is 0 Å². The molecule has 0 bridgehead atoms. The summed E-state index contributed by atoms with van der Waals surface area (Å²) in [5.41, 5.74) is 1.42. The largest absolute Gasteiger partial charge is 0.338 e. The number of rotatable bonds is 3. The molecule has 0 saturated heterocycles. The number of nitrogens with one attached hydrogen (secondary N) is 1. The quantitative estimate of drug-likeness (QED) is 0.559. The van der Waals surface area contributed by atoms with Crippen LogP contribution in [0.5, 0.6) is 0 Å².